The average molecular weight is 277 g/mol. The Labute approximate surface area is 116 Å². The minimum Gasteiger partial charge on any atom is -0.494 e. The Balaban J connectivity index is 1.94. The highest BCUT2D eigenvalue weighted by molar-refractivity contribution is 5.57. The van der Waals surface area contributed by atoms with Crippen LogP contribution in [0.2, 0.25) is 0 Å². The first kappa shape index (κ1) is 13.1. The van der Waals surface area contributed by atoms with Gasteiger partial charge in [0.15, 0.2) is 11.6 Å². The monoisotopic (exact) mass is 277 g/mol. The lowest BCUT2D eigenvalue weighted by molar-refractivity contribution is 0.306. The molecule has 0 bridgehead atoms. The van der Waals surface area contributed by atoms with Crippen LogP contribution in [-0.2, 0) is 5.41 Å². The zero-order valence-electron chi connectivity index (χ0n) is 11.4. The number of benzene rings is 1. The molecule has 1 aromatic heterocycles. The molecule has 0 aliphatic carbocycles. The van der Waals surface area contributed by atoms with Crippen LogP contribution in [-0.4, -0.2) is 30.3 Å². The van der Waals surface area contributed by atoms with Crippen molar-refractivity contribution in [3.8, 4) is 17.1 Å². The lowest BCUT2D eigenvalue weighted by atomic mass is 9.90. The fourth-order valence-electron chi connectivity index (χ4n) is 2.38. The maximum atomic E-state index is 13.4. The summed E-state index contributed by atoms with van der Waals surface area (Å²) in [5, 5.41) is 7.28. The van der Waals surface area contributed by atoms with Crippen LogP contribution in [0.4, 0.5) is 4.39 Å². The highest BCUT2D eigenvalue weighted by atomic mass is 19.1. The van der Waals surface area contributed by atoms with Crippen molar-refractivity contribution in [3.05, 3.63) is 29.9 Å². The second kappa shape index (κ2) is 4.86. The minimum atomic E-state index is -0.410. The number of aromatic nitrogens is 2. The SMILES string of the molecule is COc1cc(-c2noc(C3(C)CCNC3)n2)ccc1F. The van der Waals surface area contributed by atoms with E-state index in [0.717, 1.165) is 19.5 Å². The van der Waals surface area contributed by atoms with Gasteiger partial charge in [0.2, 0.25) is 11.7 Å². The van der Waals surface area contributed by atoms with E-state index in [1.54, 1.807) is 12.1 Å². The van der Waals surface area contributed by atoms with Crippen molar-refractivity contribution < 1.29 is 13.7 Å². The van der Waals surface area contributed by atoms with Crippen LogP contribution < -0.4 is 10.1 Å². The van der Waals surface area contributed by atoms with Crippen molar-refractivity contribution in [2.45, 2.75) is 18.8 Å². The van der Waals surface area contributed by atoms with Crippen molar-refractivity contribution in [2.24, 2.45) is 0 Å². The molecule has 3 rings (SSSR count). The van der Waals surface area contributed by atoms with E-state index >= 15 is 0 Å². The second-order valence-electron chi connectivity index (χ2n) is 5.26. The summed E-state index contributed by atoms with van der Waals surface area (Å²) in [5.41, 5.74) is 0.544. The highest BCUT2D eigenvalue weighted by Crippen LogP contribution is 2.31. The summed E-state index contributed by atoms with van der Waals surface area (Å²) in [6.07, 6.45) is 0.960. The van der Waals surface area contributed by atoms with E-state index in [1.165, 1.54) is 13.2 Å². The summed E-state index contributed by atoms with van der Waals surface area (Å²) in [6.45, 7) is 3.86. The number of halogens is 1. The van der Waals surface area contributed by atoms with Gasteiger partial charge in [-0.1, -0.05) is 5.16 Å². The fourth-order valence-corrected chi connectivity index (χ4v) is 2.38. The molecule has 0 amide bonds. The number of nitrogens with zero attached hydrogens (tertiary/aromatic N) is 2. The smallest absolute Gasteiger partial charge is 0.234 e. The Kier molecular flexibility index (Phi) is 3.17. The Morgan fingerprint density at radius 1 is 1.45 bits per heavy atom. The third kappa shape index (κ3) is 2.16. The average Bonchev–Trinajstić information content (AvgIpc) is 3.09. The van der Waals surface area contributed by atoms with Crippen LogP contribution in [0.25, 0.3) is 11.4 Å². The Morgan fingerprint density at radius 2 is 2.30 bits per heavy atom. The van der Waals surface area contributed by atoms with Crippen LogP contribution >= 0.6 is 0 Å². The van der Waals surface area contributed by atoms with Gasteiger partial charge in [-0.05, 0) is 38.1 Å². The van der Waals surface area contributed by atoms with Gasteiger partial charge in [0, 0.05) is 12.1 Å². The molecule has 1 atom stereocenters. The lowest BCUT2D eigenvalue weighted by Gasteiger charge is -2.15. The van der Waals surface area contributed by atoms with Gasteiger partial charge in [-0.2, -0.15) is 4.98 Å². The predicted octanol–water partition coefficient (Wildman–Crippen LogP) is 2.14. The molecule has 2 aromatic rings. The zero-order chi connectivity index (χ0) is 14.2. The van der Waals surface area contributed by atoms with Gasteiger partial charge in [-0.25, -0.2) is 4.39 Å². The molecule has 1 fully saturated rings. The first-order chi connectivity index (χ1) is 9.62. The normalized spacial score (nSPS) is 22.1. The molecule has 1 aromatic carbocycles. The summed E-state index contributed by atoms with van der Waals surface area (Å²) < 4.78 is 23.7. The molecular formula is C14H16FN3O2. The van der Waals surface area contributed by atoms with Crippen molar-refractivity contribution >= 4 is 0 Å². The molecule has 0 spiro atoms. The Morgan fingerprint density at radius 3 is 3.00 bits per heavy atom. The van der Waals surface area contributed by atoms with E-state index in [9.17, 15) is 4.39 Å². The maximum absolute atomic E-state index is 13.4. The number of hydrogen-bond donors (Lipinski definition) is 1. The van der Waals surface area contributed by atoms with Crippen LogP contribution in [0.15, 0.2) is 22.7 Å². The molecule has 0 saturated carbocycles. The lowest BCUT2D eigenvalue weighted by Crippen LogP contribution is -2.25. The Hall–Kier alpha value is -1.95. The van der Waals surface area contributed by atoms with Crippen molar-refractivity contribution in [3.63, 3.8) is 0 Å². The zero-order valence-corrected chi connectivity index (χ0v) is 11.4. The fraction of sp³-hybridized carbons (Fsp3) is 0.429. The molecule has 1 unspecified atom stereocenters. The topological polar surface area (TPSA) is 60.2 Å². The molecule has 1 aliphatic rings. The first-order valence-corrected chi connectivity index (χ1v) is 6.51. The summed E-state index contributed by atoms with van der Waals surface area (Å²) in [7, 11) is 1.43. The number of ether oxygens (including phenoxy) is 1. The molecule has 6 heteroatoms. The van der Waals surface area contributed by atoms with Gasteiger partial charge >= 0.3 is 0 Å². The van der Waals surface area contributed by atoms with Gasteiger partial charge in [-0.15, -0.1) is 0 Å². The third-order valence-electron chi connectivity index (χ3n) is 3.72. The molecule has 20 heavy (non-hydrogen) atoms. The molecule has 1 saturated heterocycles. The first-order valence-electron chi connectivity index (χ1n) is 6.51. The van der Waals surface area contributed by atoms with Gasteiger partial charge < -0.3 is 14.6 Å². The number of nitrogens with one attached hydrogen (secondary N) is 1. The Bertz CT molecular complexity index is 621. The van der Waals surface area contributed by atoms with Gasteiger partial charge in [-0.3, -0.25) is 0 Å². The van der Waals surface area contributed by atoms with E-state index in [1.807, 2.05) is 0 Å². The van der Waals surface area contributed by atoms with E-state index in [-0.39, 0.29) is 11.2 Å². The van der Waals surface area contributed by atoms with Crippen LogP contribution in [0.3, 0.4) is 0 Å². The van der Waals surface area contributed by atoms with Crippen molar-refractivity contribution in [1.29, 1.82) is 0 Å². The van der Waals surface area contributed by atoms with Crippen molar-refractivity contribution in [2.75, 3.05) is 20.2 Å². The summed E-state index contributed by atoms with van der Waals surface area (Å²) >= 11 is 0. The quantitative estimate of drug-likeness (QED) is 0.931. The van der Waals surface area contributed by atoms with Crippen LogP contribution in [0.5, 0.6) is 5.75 Å². The van der Waals surface area contributed by atoms with Gasteiger partial charge in [0.05, 0.1) is 12.5 Å². The van der Waals surface area contributed by atoms with E-state index in [4.69, 9.17) is 9.26 Å². The molecular weight excluding hydrogens is 261 g/mol. The highest BCUT2D eigenvalue weighted by Gasteiger charge is 2.36. The second-order valence-corrected chi connectivity index (χ2v) is 5.26. The molecule has 1 aliphatic heterocycles. The van der Waals surface area contributed by atoms with E-state index in [0.29, 0.717) is 17.3 Å². The number of methoxy groups -OCH3 is 1. The third-order valence-corrected chi connectivity index (χ3v) is 3.72. The maximum Gasteiger partial charge on any atom is 0.234 e. The molecule has 0 radical (unpaired) electrons. The predicted molar refractivity (Wildman–Crippen MR) is 71.1 cm³/mol. The number of rotatable bonds is 3. The van der Waals surface area contributed by atoms with Crippen LogP contribution in [0.1, 0.15) is 19.2 Å². The molecule has 2 heterocycles. The number of hydrogen-bond acceptors (Lipinski definition) is 5. The van der Waals surface area contributed by atoms with Crippen LogP contribution in [0, 0.1) is 5.82 Å². The van der Waals surface area contributed by atoms with Gasteiger partial charge in [0.1, 0.15) is 0 Å². The summed E-state index contributed by atoms with van der Waals surface area (Å²) in [6, 6.07) is 4.52. The van der Waals surface area contributed by atoms with Gasteiger partial charge in [0.25, 0.3) is 0 Å². The summed E-state index contributed by atoms with van der Waals surface area (Å²) in [5.74, 6) is 0.821. The standard InChI is InChI=1S/C14H16FN3O2/c1-14(5-6-16-8-14)13-17-12(18-20-13)9-3-4-10(15)11(7-9)19-2/h3-4,7,16H,5-6,8H2,1-2H3. The molecule has 1 N–H and O–H groups in total. The van der Waals surface area contributed by atoms with E-state index in [2.05, 4.69) is 22.4 Å². The minimum absolute atomic E-state index is 0.130. The molecule has 5 nitrogen and oxygen atoms in total. The molecule has 106 valence electrons. The van der Waals surface area contributed by atoms with E-state index < -0.39 is 5.82 Å². The van der Waals surface area contributed by atoms with Crippen molar-refractivity contribution in [1.82, 2.24) is 15.5 Å². The largest absolute Gasteiger partial charge is 0.494 e. The summed E-state index contributed by atoms with van der Waals surface area (Å²) in [4.78, 5) is 4.44.